The predicted octanol–water partition coefficient (Wildman–Crippen LogP) is 2.10. The number of rotatable bonds is 5. The average molecular weight is 392 g/mol. The van der Waals surface area contributed by atoms with Crippen molar-refractivity contribution in [1.29, 1.82) is 0 Å². The SMILES string of the molecule is O=C(NO)c1ccc(O[C@H]2CN[C@H](C(=O)Nc3cccc4cccnc34)C2)cc1. The van der Waals surface area contributed by atoms with E-state index in [4.69, 9.17) is 9.94 Å². The summed E-state index contributed by atoms with van der Waals surface area (Å²) in [6.45, 7) is 0.532. The second-order valence-electron chi connectivity index (χ2n) is 6.77. The molecule has 8 heteroatoms. The van der Waals surface area contributed by atoms with E-state index in [1.807, 2.05) is 30.3 Å². The Hall–Kier alpha value is -3.49. The van der Waals surface area contributed by atoms with Crippen LogP contribution < -0.4 is 20.9 Å². The number of amides is 2. The van der Waals surface area contributed by atoms with E-state index >= 15 is 0 Å². The Morgan fingerprint density at radius 3 is 2.69 bits per heavy atom. The van der Waals surface area contributed by atoms with Gasteiger partial charge < -0.3 is 15.4 Å². The highest BCUT2D eigenvalue weighted by atomic mass is 16.5. The number of nitrogens with zero attached hydrogens (tertiary/aromatic N) is 1. The highest BCUT2D eigenvalue weighted by Gasteiger charge is 2.31. The molecule has 2 atom stereocenters. The maximum absolute atomic E-state index is 12.7. The van der Waals surface area contributed by atoms with E-state index in [0.29, 0.717) is 30.0 Å². The molecule has 0 bridgehead atoms. The van der Waals surface area contributed by atoms with Gasteiger partial charge in [-0.3, -0.25) is 19.8 Å². The van der Waals surface area contributed by atoms with Crippen LogP contribution in [0.15, 0.2) is 60.8 Å². The molecule has 2 heterocycles. The standard InChI is InChI=1S/C21H20N4O4/c26-20(25-28)14-6-8-15(9-7-14)29-16-11-18(23-12-16)21(27)24-17-5-1-3-13-4-2-10-22-19(13)17/h1-10,16,18,23,28H,11-12H2,(H,24,27)(H,25,26)/t16-,18+/m1/s1. The number of fused-ring (bicyclic) bond motifs is 1. The van der Waals surface area contributed by atoms with Crippen molar-refractivity contribution in [3.8, 4) is 5.75 Å². The van der Waals surface area contributed by atoms with Crippen LogP contribution >= 0.6 is 0 Å². The fraction of sp³-hybridized carbons (Fsp3) is 0.190. The minimum Gasteiger partial charge on any atom is -0.489 e. The molecule has 0 unspecified atom stereocenters. The largest absolute Gasteiger partial charge is 0.489 e. The molecule has 148 valence electrons. The van der Waals surface area contributed by atoms with Crippen molar-refractivity contribution in [2.24, 2.45) is 0 Å². The zero-order valence-electron chi connectivity index (χ0n) is 15.5. The molecule has 1 aliphatic rings. The van der Waals surface area contributed by atoms with Crippen molar-refractivity contribution in [3.63, 3.8) is 0 Å². The lowest BCUT2D eigenvalue weighted by Gasteiger charge is -2.14. The number of anilines is 1. The predicted molar refractivity (Wildman–Crippen MR) is 107 cm³/mol. The van der Waals surface area contributed by atoms with Gasteiger partial charge in [0.25, 0.3) is 5.91 Å². The maximum Gasteiger partial charge on any atom is 0.274 e. The van der Waals surface area contributed by atoms with Gasteiger partial charge in [-0.2, -0.15) is 0 Å². The summed E-state index contributed by atoms with van der Waals surface area (Å²) in [5.41, 5.74) is 3.34. The van der Waals surface area contributed by atoms with Crippen LogP contribution in [0.25, 0.3) is 10.9 Å². The van der Waals surface area contributed by atoms with E-state index in [0.717, 1.165) is 10.9 Å². The summed E-state index contributed by atoms with van der Waals surface area (Å²) in [7, 11) is 0. The van der Waals surface area contributed by atoms with Crippen molar-refractivity contribution in [3.05, 3.63) is 66.4 Å². The van der Waals surface area contributed by atoms with Crippen molar-refractivity contribution in [2.45, 2.75) is 18.6 Å². The van der Waals surface area contributed by atoms with Gasteiger partial charge in [-0.15, -0.1) is 0 Å². The maximum atomic E-state index is 12.7. The molecule has 0 spiro atoms. The zero-order valence-corrected chi connectivity index (χ0v) is 15.5. The quantitative estimate of drug-likeness (QED) is 0.391. The minimum atomic E-state index is -0.584. The Balaban J connectivity index is 1.37. The monoisotopic (exact) mass is 392 g/mol. The van der Waals surface area contributed by atoms with Crippen molar-refractivity contribution < 1.29 is 19.5 Å². The van der Waals surface area contributed by atoms with E-state index in [1.165, 1.54) is 0 Å². The molecule has 1 fully saturated rings. The molecule has 4 N–H and O–H groups in total. The van der Waals surface area contributed by atoms with Gasteiger partial charge in [0.1, 0.15) is 11.9 Å². The topological polar surface area (TPSA) is 113 Å². The van der Waals surface area contributed by atoms with Crippen LogP contribution in [0.4, 0.5) is 5.69 Å². The van der Waals surface area contributed by atoms with Crippen LogP contribution in [0.3, 0.4) is 0 Å². The van der Waals surface area contributed by atoms with Crippen LogP contribution in [0, 0.1) is 0 Å². The van der Waals surface area contributed by atoms with E-state index < -0.39 is 5.91 Å². The number of aromatic nitrogens is 1. The number of pyridine rings is 1. The average Bonchev–Trinajstić information content (AvgIpc) is 3.22. The van der Waals surface area contributed by atoms with Crippen molar-refractivity contribution in [1.82, 2.24) is 15.8 Å². The third-order valence-corrected chi connectivity index (χ3v) is 4.82. The van der Waals surface area contributed by atoms with E-state index in [2.05, 4.69) is 15.6 Å². The molecule has 29 heavy (non-hydrogen) atoms. The van der Waals surface area contributed by atoms with Crippen LogP contribution in [-0.2, 0) is 4.79 Å². The molecule has 0 aliphatic carbocycles. The summed E-state index contributed by atoms with van der Waals surface area (Å²) in [5.74, 6) is -0.131. The Morgan fingerprint density at radius 1 is 1.10 bits per heavy atom. The van der Waals surface area contributed by atoms with Gasteiger partial charge in [-0.1, -0.05) is 18.2 Å². The molecule has 3 aromatic rings. The third kappa shape index (κ3) is 4.18. The van der Waals surface area contributed by atoms with Gasteiger partial charge in [0.05, 0.1) is 17.2 Å². The number of benzene rings is 2. The lowest BCUT2D eigenvalue weighted by Crippen LogP contribution is -2.35. The molecule has 1 aromatic heterocycles. The first-order chi connectivity index (χ1) is 14.1. The molecule has 8 nitrogen and oxygen atoms in total. The Morgan fingerprint density at radius 2 is 1.90 bits per heavy atom. The Labute approximate surface area is 166 Å². The van der Waals surface area contributed by atoms with E-state index in [1.54, 1.807) is 35.9 Å². The third-order valence-electron chi connectivity index (χ3n) is 4.82. The highest BCUT2D eigenvalue weighted by Crippen LogP contribution is 2.22. The summed E-state index contributed by atoms with van der Waals surface area (Å²) in [4.78, 5) is 28.4. The summed E-state index contributed by atoms with van der Waals surface area (Å²) in [6, 6.07) is 15.5. The molecule has 0 saturated carbocycles. The molecule has 2 amide bonds. The van der Waals surface area contributed by atoms with Crippen LogP contribution in [0.5, 0.6) is 5.75 Å². The number of carbonyl (C=O) groups is 2. The molecule has 1 saturated heterocycles. The number of carbonyl (C=O) groups excluding carboxylic acids is 2. The van der Waals surface area contributed by atoms with Gasteiger partial charge in [-0.05, 0) is 36.4 Å². The summed E-state index contributed by atoms with van der Waals surface area (Å²) < 4.78 is 5.90. The van der Waals surface area contributed by atoms with Crippen LogP contribution in [-0.4, -0.2) is 40.7 Å². The van der Waals surface area contributed by atoms with Gasteiger partial charge in [0.15, 0.2) is 0 Å². The number of hydrogen-bond donors (Lipinski definition) is 4. The first-order valence-electron chi connectivity index (χ1n) is 9.23. The Kier molecular flexibility index (Phi) is 5.37. The molecule has 0 radical (unpaired) electrons. The van der Waals surface area contributed by atoms with Gasteiger partial charge >= 0.3 is 0 Å². The summed E-state index contributed by atoms with van der Waals surface area (Å²) >= 11 is 0. The summed E-state index contributed by atoms with van der Waals surface area (Å²) in [6.07, 6.45) is 2.04. The molecule has 4 rings (SSSR count). The second kappa shape index (κ2) is 8.26. The zero-order chi connectivity index (χ0) is 20.2. The fourth-order valence-corrected chi connectivity index (χ4v) is 3.36. The van der Waals surface area contributed by atoms with E-state index in [9.17, 15) is 9.59 Å². The fourth-order valence-electron chi connectivity index (χ4n) is 3.36. The Bertz CT molecular complexity index is 1030. The molecule has 1 aliphatic heterocycles. The second-order valence-corrected chi connectivity index (χ2v) is 6.77. The number of nitrogens with one attached hydrogen (secondary N) is 3. The lowest BCUT2D eigenvalue weighted by atomic mass is 10.1. The van der Waals surface area contributed by atoms with Gasteiger partial charge in [-0.25, -0.2) is 5.48 Å². The highest BCUT2D eigenvalue weighted by molar-refractivity contribution is 6.02. The molecular formula is C21H20N4O4. The van der Waals surface area contributed by atoms with Gasteiger partial charge in [0, 0.05) is 30.1 Å². The summed E-state index contributed by atoms with van der Waals surface area (Å²) in [5, 5.41) is 15.7. The van der Waals surface area contributed by atoms with Crippen molar-refractivity contribution in [2.75, 3.05) is 11.9 Å². The normalized spacial score (nSPS) is 18.4. The first kappa shape index (κ1) is 18.9. The molecular weight excluding hydrogens is 372 g/mol. The number of hydroxylamine groups is 1. The van der Waals surface area contributed by atoms with Crippen LogP contribution in [0.1, 0.15) is 16.8 Å². The smallest absolute Gasteiger partial charge is 0.274 e. The lowest BCUT2D eigenvalue weighted by molar-refractivity contribution is -0.117. The van der Waals surface area contributed by atoms with Crippen molar-refractivity contribution >= 4 is 28.4 Å². The number of para-hydroxylation sites is 1. The minimum absolute atomic E-state index is 0.135. The van der Waals surface area contributed by atoms with Gasteiger partial charge in [0.2, 0.25) is 5.91 Å². The van der Waals surface area contributed by atoms with E-state index in [-0.39, 0.29) is 18.1 Å². The first-order valence-corrected chi connectivity index (χ1v) is 9.23. The number of ether oxygens (including phenoxy) is 1. The molecule has 2 aromatic carbocycles. The van der Waals surface area contributed by atoms with Crippen LogP contribution in [0.2, 0.25) is 0 Å². The number of hydrogen-bond acceptors (Lipinski definition) is 6.